The van der Waals surface area contributed by atoms with E-state index >= 15 is 0 Å². The van der Waals surface area contributed by atoms with E-state index in [1.807, 2.05) is 12.1 Å². The topological polar surface area (TPSA) is 78.3 Å². The fraction of sp³-hybridized carbons (Fsp3) is 0.0714. The average molecular weight is 321 g/mol. The third kappa shape index (κ3) is 3.13. The summed E-state index contributed by atoms with van der Waals surface area (Å²) in [6.45, 7) is 0.476. The van der Waals surface area contributed by atoms with Gasteiger partial charge in [-0.15, -0.1) is 0 Å². The van der Waals surface area contributed by atoms with Gasteiger partial charge in [0.05, 0.1) is 5.56 Å². The molecule has 2 rings (SSSR count). The molecule has 0 aromatic heterocycles. The van der Waals surface area contributed by atoms with Gasteiger partial charge in [0, 0.05) is 11.0 Å². The van der Waals surface area contributed by atoms with Crippen molar-refractivity contribution in [2.24, 2.45) is 11.5 Å². The van der Waals surface area contributed by atoms with E-state index in [1.165, 1.54) is 0 Å². The van der Waals surface area contributed by atoms with Crippen LogP contribution < -0.4 is 16.2 Å². The molecule has 5 heteroatoms. The smallest absolute Gasteiger partial charge is 0.253 e. The normalized spacial score (nSPS) is 10.2. The maximum absolute atomic E-state index is 11.4. The minimum absolute atomic E-state index is 0.324. The molecule has 2 aromatic rings. The van der Waals surface area contributed by atoms with Crippen molar-refractivity contribution in [3.63, 3.8) is 0 Å². The Balaban J connectivity index is 2.32. The van der Waals surface area contributed by atoms with E-state index in [1.54, 1.807) is 30.3 Å². The fourth-order valence-corrected chi connectivity index (χ4v) is 2.19. The highest BCUT2D eigenvalue weighted by atomic mass is 79.9. The molecular formula is C14H13BrN2O2. The summed E-state index contributed by atoms with van der Waals surface area (Å²) in [4.78, 5) is 11.4. The van der Waals surface area contributed by atoms with E-state index < -0.39 is 5.91 Å². The Kier molecular flexibility index (Phi) is 4.19. The number of primary amides is 1. The first kappa shape index (κ1) is 13.6. The lowest BCUT2D eigenvalue weighted by Gasteiger charge is -2.10. The van der Waals surface area contributed by atoms with Gasteiger partial charge in [-0.1, -0.05) is 18.2 Å². The Hall–Kier alpha value is -1.85. The van der Waals surface area contributed by atoms with Crippen LogP contribution in [0.4, 0.5) is 0 Å². The van der Waals surface area contributed by atoms with Crippen LogP contribution in [0.25, 0.3) is 0 Å². The number of carbonyl (C=O) groups is 1. The van der Waals surface area contributed by atoms with Gasteiger partial charge >= 0.3 is 0 Å². The van der Waals surface area contributed by atoms with E-state index in [0.29, 0.717) is 28.1 Å². The molecule has 0 aliphatic heterocycles. The van der Waals surface area contributed by atoms with Gasteiger partial charge in [-0.2, -0.15) is 0 Å². The first-order valence-electron chi connectivity index (χ1n) is 5.67. The molecule has 4 N–H and O–H groups in total. The Morgan fingerprint density at radius 1 is 1.16 bits per heavy atom. The van der Waals surface area contributed by atoms with Crippen LogP contribution in [0.15, 0.2) is 46.9 Å². The molecule has 19 heavy (non-hydrogen) atoms. The van der Waals surface area contributed by atoms with E-state index in [0.717, 1.165) is 5.56 Å². The molecule has 0 bridgehead atoms. The van der Waals surface area contributed by atoms with Gasteiger partial charge in [0.15, 0.2) is 0 Å². The van der Waals surface area contributed by atoms with Gasteiger partial charge in [0.1, 0.15) is 11.5 Å². The number of nitrogens with two attached hydrogens (primary N) is 2. The van der Waals surface area contributed by atoms with Crippen molar-refractivity contribution in [2.45, 2.75) is 6.54 Å². The van der Waals surface area contributed by atoms with Crippen molar-refractivity contribution in [3.05, 3.63) is 58.1 Å². The number of benzene rings is 2. The largest absolute Gasteiger partial charge is 0.456 e. The highest BCUT2D eigenvalue weighted by Crippen LogP contribution is 2.30. The third-order valence-electron chi connectivity index (χ3n) is 2.61. The van der Waals surface area contributed by atoms with E-state index in [4.69, 9.17) is 16.2 Å². The second-order valence-corrected chi connectivity index (χ2v) is 4.78. The summed E-state index contributed by atoms with van der Waals surface area (Å²) in [5.41, 5.74) is 12.2. The van der Waals surface area contributed by atoms with Crippen LogP contribution in [0.5, 0.6) is 11.5 Å². The van der Waals surface area contributed by atoms with Gasteiger partial charge < -0.3 is 16.2 Å². The summed E-state index contributed by atoms with van der Waals surface area (Å²) < 4.78 is 6.29. The van der Waals surface area contributed by atoms with Gasteiger partial charge in [0.25, 0.3) is 5.91 Å². The third-order valence-corrected chi connectivity index (χ3v) is 3.27. The van der Waals surface area contributed by atoms with Gasteiger partial charge in [-0.25, -0.2) is 0 Å². The van der Waals surface area contributed by atoms with Crippen LogP contribution in [-0.2, 0) is 6.54 Å². The minimum Gasteiger partial charge on any atom is -0.456 e. The first-order valence-corrected chi connectivity index (χ1v) is 6.46. The standard InChI is InChI=1S/C14H13BrN2O2/c15-11-2-1-3-12(13(11)14(17)18)19-10-6-4-9(8-16)5-7-10/h1-7H,8,16H2,(H2,17,18). The number of hydrogen-bond acceptors (Lipinski definition) is 3. The van der Waals surface area contributed by atoms with Crippen molar-refractivity contribution >= 4 is 21.8 Å². The molecule has 0 radical (unpaired) electrons. The summed E-state index contributed by atoms with van der Waals surface area (Å²) in [6.07, 6.45) is 0. The number of rotatable bonds is 4. The first-order chi connectivity index (χ1) is 9.11. The second kappa shape index (κ2) is 5.86. The Morgan fingerprint density at radius 2 is 1.84 bits per heavy atom. The van der Waals surface area contributed by atoms with E-state index in [9.17, 15) is 4.79 Å². The van der Waals surface area contributed by atoms with Gasteiger partial charge in [-0.3, -0.25) is 4.79 Å². The summed E-state index contributed by atoms with van der Waals surface area (Å²) >= 11 is 3.29. The molecule has 0 saturated heterocycles. The summed E-state index contributed by atoms with van der Waals surface area (Å²) in [5.74, 6) is 0.501. The zero-order valence-electron chi connectivity index (χ0n) is 10.1. The number of amides is 1. The zero-order chi connectivity index (χ0) is 13.8. The number of halogens is 1. The predicted molar refractivity (Wildman–Crippen MR) is 77.1 cm³/mol. The maximum atomic E-state index is 11.4. The molecule has 0 aliphatic rings. The highest BCUT2D eigenvalue weighted by molar-refractivity contribution is 9.10. The quantitative estimate of drug-likeness (QED) is 0.909. The van der Waals surface area contributed by atoms with Crippen molar-refractivity contribution < 1.29 is 9.53 Å². The van der Waals surface area contributed by atoms with Crippen LogP contribution in [0.2, 0.25) is 0 Å². The molecule has 0 spiro atoms. The second-order valence-electron chi connectivity index (χ2n) is 3.93. The zero-order valence-corrected chi connectivity index (χ0v) is 11.7. The van der Waals surface area contributed by atoms with Crippen LogP contribution in [0, 0.1) is 0 Å². The monoisotopic (exact) mass is 320 g/mol. The highest BCUT2D eigenvalue weighted by Gasteiger charge is 2.13. The Bertz CT molecular complexity index is 597. The number of ether oxygens (including phenoxy) is 1. The van der Waals surface area contributed by atoms with Crippen molar-refractivity contribution in [3.8, 4) is 11.5 Å². The molecule has 0 atom stereocenters. The van der Waals surface area contributed by atoms with Crippen LogP contribution in [-0.4, -0.2) is 5.91 Å². The lowest BCUT2D eigenvalue weighted by molar-refractivity contribution is 0.0997. The molecule has 0 unspecified atom stereocenters. The minimum atomic E-state index is -0.541. The molecule has 0 saturated carbocycles. The molecule has 4 nitrogen and oxygen atoms in total. The average Bonchev–Trinajstić information content (AvgIpc) is 2.39. The molecular weight excluding hydrogens is 308 g/mol. The fourth-order valence-electron chi connectivity index (χ4n) is 1.65. The maximum Gasteiger partial charge on any atom is 0.253 e. The molecule has 0 fully saturated rings. The molecule has 1 amide bonds. The van der Waals surface area contributed by atoms with Gasteiger partial charge in [-0.05, 0) is 45.8 Å². The molecule has 0 heterocycles. The van der Waals surface area contributed by atoms with E-state index in [-0.39, 0.29) is 0 Å². The van der Waals surface area contributed by atoms with Gasteiger partial charge in [0.2, 0.25) is 0 Å². The van der Waals surface area contributed by atoms with Crippen LogP contribution in [0.3, 0.4) is 0 Å². The number of hydrogen-bond donors (Lipinski definition) is 2. The van der Waals surface area contributed by atoms with E-state index in [2.05, 4.69) is 15.9 Å². The summed E-state index contributed by atoms with van der Waals surface area (Å²) in [7, 11) is 0. The predicted octanol–water partition coefficient (Wildman–Crippen LogP) is 2.80. The van der Waals surface area contributed by atoms with Crippen molar-refractivity contribution in [1.29, 1.82) is 0 Å². The SMILES string of the molecule is NCc1ccc(Oc2cccc(Br)c2C(N)=O)cc1. The molecule has 98 valence electrons. The lowest BCUT2D eigenvalue weighted by atomic mass is 10.2. The van der Waals surface area contributed by atoms with Crippen LogP contribution >= 0.6 is 15.9 Å². The summed E-state index contributed by atoms with van der Waals surface area (Å²) in [6, 6.07) is 12.6. The Morgan fingerprint density at radius 3 is 2.42 bits per heavy atom. The van der Waals surface area contributed by atoms with Crippen LogP contribution in [0.1, 0.15) is 15.9 Å². The van der Waals surface area contributed by atoms with Crippen molar-refractivity contribution in [2.75, 3.05) is 0 Å². The number of carbonyl (C=O) groups excluding carboxylic acids is 1. The van der Waals surface area contributed by atoms with Crippen molar-refractivity contribution in [1.82, 2.24) is 0 Å². The Labute approximate surface area is 119 Å². The lowest BCUT2D eigenvalue weighted by Crippen LogP contribution is -2.13. The molecule has 0 aliphatic carbocycles. The summed E-state index contributed by atoms with van der Waals surface area (Å²) in [5, 5.41) is 0. The molecule has 2 aromatic carbocycles.